The highest BCUT2D eigenvalue weighted by Gasteiger charge is 2.29. The third kappa shape index (κ3) is 5.29. The fraction of sp³-hybridized carbons (Fsp3) is 0.370. The van der Waals surface area contributed by atoms with E-state index in [9.17, 15) is 14.7 Å². The molecular weight excluding hydrogens is 460 g/mol. The lowest BCUT2D eigenvalue weighted by molar-refractivity contribution is -0.131. The summed E-state index contributed by atoms with van der Waals surface area (Å²) in [6, 6.07) is 13.9. The molecule has 2 N–H and O–H groups in total. The van der Waals surface area contributed by atoms with Crippen LogP contribution < -0.4 is 5.32 Å². The zero-order chi connectivity index (χ0) is 24.5. The molecule has 1 fully saturated rings. The van der Waals surface area contributed by atoms with Gasteiger partial charge in [-0.2, -0.15) is 0 Å². The minimum absolute atomic E-state index is 0.00826. The summed E-state index contributed by atoms with van der Waals surface area (Å²) in [4.78, 5) is 33.8. The highest BCUT2D eigenvalue weighted by atomic mass is 32.1. The Labute approximate surface area is 209 Å². The summed E-state index contributed by atoms with van der Waals surface area (Å²) in [6.07, 6.45) is 1.08. The van der Waals surface area contributed by atoms with Crippen molar-refractivity contribution in [2.75, 3.05) is 32.0 Å². The van der Waals surface area contributed by atoms with Gasteiger partial charge in [0.15, 0.2) is 0 Å². The molecule has 2 aliphatic heterocycles. The Kier molecular flexibility index (Phi) is 6.69. The van der Waals surface area contributed by atoms with E-state index in [1.807, 2.05) is 43.1 Å². The summed E-state index contributed by atoms with van der Waals surface area (Å²) < 4.78 is 0. The molecule has 5 rings (SSSR count). The van der Waals surface area contributed by atoms with Crippen LogP contribution in [0.15, 0.2) is 47.8 Å². The average molecular weight is 491 g/mol. The Morgan fingerprint density at radius 3 is 2.91 bits per heavy atom. The molecule has 2 aliphatic rings. The number of hydrogen-bond donors (Lipinski definition) is 2. The molecule has 0 saturated carbocycles. The second-order valence-electron chi connectivity index (χ2n) is 9.49. The van der Waals surface area contributed by atoms with Gasteiger partial charge in [-0.3, -0.25) is 14.5 Å². The normalized spacial score (nSPS) is 18.4. The number of aromatic nitrogens is 1. The monoisotopic (exact) mass is 490 g/mol. The summed E-state index contributed by atoms with van der Waals surface area (Å²) in [5, 5.41) is 16.0. The number of amides is 2. The van der Waals surface area contributed by atoms with Crippen LogP contribution in [0.2, 0.25) is 0 Å². The van der Waals surface area contributed by atoms with Crippen molar-refractivity contribution in [3.63, 3.8) is 0 Å². The zero-order valence-corrected chi connectivity index (χ0v) is 20.8. The van der Waals surface area contributed by atoms with Crippen molar-refractivity contribution in [1.82, 2.24) is 14.8 Å². The number of anilines is 1. The molecule has 35 heavy (non-hydrogen) atoms. The number of aliphatic hydroxyl groups excluding tert-OH is 1. The van der Waals surface area contributed by atoms with Gasteiger partial charge in [-0.15, -0.1) is 11.3 Å². The zero-order valence-electron chi connectivity index (χ0n) is 20.0. The van der Waals surface area contributed by atoms with Crippen molar-refractivity contribution in [3.05, 3.63) is 69.5 Å². The van der Waals surface area contributed by atoms with Gasteiger partial charge in [0.25, 0.3) is 0 Å². The Hall–Kier alpha value is -3.07. The number of nitrogens with one attached hydrogen (secondary N) is 1. The number of fused-ring (bicyclic) bond motifs is 1. The van der Waals surface area contributed by atoms with Gasteiger partial charge in [-0.1, -0.05) is 30.3 Å². The van der Waals surface area contributed by atoms with Crippen molar-refractivity contribution < 1.29 is 14.7 Å². The maximum Gasteiger partial charge on any atom is 0.228 e. The number of likely N-dealkylation sites (N-methyl/N-ethyl adjacent to an activating group) is 1. The van der Waals surface area contributed by atoms with Crippen LogP contribution >= 0.6 is 11.3 Å². The second-order valence-corrected chi connectivity index (χ2v) is 10.6. The smallest absolute Gasteiger partial charge is 0.228 e. The molecule has 0 aliphatic carbocycles. The first-order valence-corrected chi connectivity index (χ1v) is 12.8. The fourth-order valence-corrected chi connectivity index (χ4v) is 5.54. The highest BCUT2D eigenvalue weighted by molar-refractivity contribution is 7.09. The van der Waals surface area contributed by atoms with Gasteiger partial charge in [0.2, 0.25) is 11.8 Å². The van der Waals surface area contributed by atoms with Crippen LogP contribution in [0.25, 0.3) is 11.3 Å². The van der Waals surface area contributed by atoms with Crippen LogP contribution in [-0.2, 0) is 22.4 Å². The molecule has 8 heteroatoms. The molecule has 182 valence electrons. The number of carbonyl (C=O) groups excluding carboxylic acids is 2. The standard InChI is InChI=1S/C27H30N4O3S/c1-17-28-24(16-35-17)19-4-3-5-21(12-19)25(15-31-9-8-22(32)14-31)30(2)27(34)11-18-6-7-20-13-26(33)29-23(20)10-18/h3-7,10,12,16,22,25,32H,8-9,11,13-15H2,1-2H3,(H,29,33)/t22-,25+/m0/s1. The molecule has 0 spiro atoms. The van der Waals surface area contributed by atoms with Gasteiger partial charge in [0.05, 0.1) is 35.7 Å². The lowest BCUT2D eigenvalue weighted by Gasteiger charge is -2.32. The lowest BCUT2D eigenvalue weighted by Crippen LogP contribution is -2.39. The van der Waals surface area contributed by atoms with E-state index in [4.69, 9.17) is 0 Å². The topological polar surface area (TPSA) is 85.8 Å². The summed E-state index contributed by atoms with van der Waals surface area (Å²) >= 11 is 1.62. The maximum absolute atomic E-state index is 13.4. The Morgan fingerprint density at radius 1 is 1.31 bits per heavy atom. The van der Waals surface area contributed by atoms with Gasteiger partial charge in [0, 0.05) is 43.3 Å². The molecule has 2 aromatic carbocycles. The SMILES string of the molecule is Cc1nc(-c2cccc([C@@H](CN3CC[C@H](O)C3)N(C)C(=O)Cc3ccc4c(c3)NC(=O)C4)c2)cs1. The van der Waals surface area contributed by atoms with E-state index in [0.717, 1.165) is 51.6 Å². The molecular formula is C27H30N4O3S. The highest BCUT2D eigenvalue weighted by Crippen LogP contribution is 2.30. The molecule has 0 bridgehead atoms. The van der Waals surface area contributed by atoms with E-state index < -0.39 is 0 Å². The first kappa shape index (κ1) is 23.7. The van der Waals surface area contributed by atoms with Crippen LogP contribution in [-0.4, -0.2) is 64.5 Å². The Balaban J connectivity index is 1.39. The molecule has 0 radical (unpaired) electrons. The van der Waals surface area contributed by atoms with Crippen LogP contribution in [0, 0.1) is 6.92 Å². The molecule has 7 nitrogen and oxygen atoms in total. The molecule has 3 aromatic rings. The van der Waals surface area contributed by atoms with Crippen LogP contribution in [0.3, 0.4) is 0 Å². The summed E-state index contributed by atoms with van der Waals surface area (Å²) in [7, 11) is 1.86. The van der Waals surface area contributed by atoms with Crippen LogP contribution in [0.4, 0.5) is 5.69 Å². The van der Waals surface area contributed by atoms with Crippen LogP contribution in [0.1, 0.15) is 34.2 Å². The number of hydrogen-bond acceptors (Lipinski definition) is 6. The maximum atomic E-state index is 13.4. The van der Waals surface area contributed by atoms with E-state index in [1.165, 1.54) is 0 Å². The molecule has 2 atom stereocenters. The van der Waals surface area contributed by atoms with Gasteiger partial charge in [-0.25, -0.2) is 4.98 Å². The number of aryl methyl sites for hydroxylation is 1. The van der Waals surface area contributed by atoms with E-state index in [2.05, 4.69) is 38.8 Å². The number of carbonyl (C=O) groups is 2. The largest absolute Gasteiger partial charge is 0.392 e. The van der Waals surface area contributed by atoms with E-state index in [1.54, 1.807) is 11.3 Å². The molecule has 0 unspecified atom stereocenters. The van der Waals surface area contributed by atoms with E-state index in [-0.39, 0.29) is 30.4 Å². The summed E-state index contributed by atoms with van der Waals surface area (Å²) in [5.74, 6) is -0.00225. The quantitative estimate of drug-likeness (QED) is 0.530. The number of rotatable bonds is 7. The van der Waals surface area contributed by atoms with Crippen molar-refractivity contribution in [2.45, 2.75) is 38.3 Å². The first-order chi connectivity index (χ1) is 16.9. The number of likely N-dealkylation sites (tertiary alicyclic amines) is 1. The van der Waals surface area contributed by atoms with Crippen molar-refractivity contribution in [3.8, 4) is 11.3 Å². The number of benzene rings is 2. The second kappa shape index (κ2) is 9.89. The third-order valence-electron chi connectivity index (χ3n) is 6.88. The minimum atomic E-state index is -0.317. The average Bonchev–Trinajstić information content (AvgIpc) is 3.56. The predicted molar refractivity (Wildman–Crippen MR) is 137 cm³/mol. The van der Waals surface area contributed by atoms with Gasteiger partial charge < -0.3 is 15.3 Å². The minimum Gasteiger partial charge on any atom is -0.392 e. The Bertz CT molecular complexity index is 1260. The molecule has 1 saturated heterocycles. The number of β-amino-alcohol motifs (C(OH)–C–C–N with tert-alkyl or cyclic N) is 1. The van der Waals surface area contributed by atoms with Crippen molar-refractivity contribution in [2.24, 2.45) is 0 Å². The first-order valence-electron chi connectivity index (χ1n) is 12.0. The van der Waals surface area contributed by atoms with Crippen LogP contribution in [0.5, 0.6) is 0 Å². The van der Waals surface area contributed by atoms with E-state index in [0.29, 0.717) is 19.5 Å². The number of aliphatic hydroxyl groups is 1. The van der Waals surface area contributed by atoms with Crippen molar-refractivity contribution in [1.29, 1.82) is 0 Å². The number of thiazole rings is 1. The number of nitrogens with zero attached hydrogens (tertiary/aromatic N) is 3. The molecule has 2 amide bonds. The molecule has 1 aromatic heterocycles. The summed E-state index contributed by atoms with van der Waals surface area (Å²) in [6.45, 7) is 4.08. The predicted octanol–water partition coefficient (Wildman–Crippen LogP) is 3.42. The lowest BCUT2D eigenvalue weighted by atomic mass is 10.00. The van der Waals surface area contributed by atoms with Gasteiger partial charge in [-0.05, 0) is 42.2 Å². The van der Waals surface area contributed by atoms with Crippen molar-refractivity contribution >= 4 is 28.8 Å². The third-order valence-corrected chi connectivity index (χ3v) is 7.65. The fourth-order valence-electron chi connectivity index (χ4n) is 4.92. The Morgan fingerprint density at radius 2 is 2.17 bits per heavy atom. The molecule has 3 heterocycles. The van der Waals surface area contributed by atoms with Gasteiger partial charge in [0.1, 0.15) is 0 Å². The van der Waals surface area contributed by atoms with Gasteiger partial charge >= 0.3 is 0 Å². The summed E-state index contributed by atoms with van der Waals surface area (Å²) in [5.41, 5.74) is 5.68. The van der Waals surface area contributed by atoms with E-state index >= 15 is 0 Å².